The van der Waals surface area contributed by atoms with Gasteiger partial charge in [0, 0.05) is 18.5 Å². The first-order chi connectivity index (χ1) is 7.20. The van der Waals surface area contributed by atoms with Crippen LogP contribution in [0.25, 0.3) is 0 Å². The lowest BCUT2D eigenvalue weighted by atomic mass is 10.1. The Kier molecular flexibility index (Phi) is 4.03. The second kappa shape index (κ2) is 5.29. The summed E-state index contributed by atoms with van der Waals surface area (Å²) in [6, 6.07) is 4.50. The van der Waals surface area contributed by atoms with Gasteiger partial charge in [-0.15, -0.1) is 6.58 Å². The third-order valence-electron chi connectivity index (χ3n) is 2.06. The number of para-hydroxylation sites is 1. The molecular weight excluding hydrogens is 193 g/mol. The maximum absolute atomic E-state index is 13.4. The molecule has 1 rings (SSSR count). The van der Waals surface area contributed by atoms with Gasteiger partial charge >= 0.3 is 0 Å². The van der Waals surface area contributed by atoms with Gasteiger partial charge in [-0.25, -0.2) is 4.39 Å². The molecule has 1 aromatic rings. The van der Waals surface area contributed by atoms with E-state index in [1.54, 1.807) is 19.1 Å². The number of nitrogens with one attached hydrogen (secondary N) is 1. The van der Waals surface area contributed by atoms with E-state index in [0.29, 0.717) is 18.5 Å². The van der Waals surface area contributed by atoms with Crippen molar-refractivity contribution in [2.45, 2.75) is 13.3 Å². The zero-order valence-electron chi connectivity index (χ0n) is 8.72. The van der Waals surface area contributed by atoms with E-state index < -0.39 is 5.82 Å². The fourth-order valence-corrected chi connectivity index (χ4v) is 1.30. The molecule has 0 saturated heterocycles. The number of hydrogen-bond acceptors (Lipinski definition) is 2. The van der Waals surface area contributed by atoms with Crippen LogP contribution in [0, 0.1) is 5.82 Å². The Morgan fingerprint density at radius 3 is 2.93 bits per heavy atom. The summed E-state index contributed by atoms with van der Waals surface area (Å²) in [6.45, 7) is 5.72. The van der Waals surface area contributed by atoms with E-state index in [9.17, 15) is 9.18 Å². The van der Waals surface area contributed by atoms with Crippen molar-refractivity contribution in [3.8, 4) is 0 Å². The van der Waals surface area contributed by atoms with Crippen LogP contribution < -0.4 is 5.32 Å². The quantitative estimate of drug-likeness (QED) is 0.594. The van der Waals surface area contributed by atoms with E-state index in [1.165, 1.54) is 12.1 Å². The van der Waals surface area contributed by atoms with Crippen molar-refractivity contribution in [3.63, 3.8) is 0 Å². The molecule has 0 radical (unpaired) electrons. The zero-order chi connectivity index (χ0) is 11.3. The van der Waals surface area contributed by atoms with Crippen LogP contribution in [0.15, 0.2) is 30.9 Å². The molecule has 0 aliphatic heterocycles. The molecule has 0 saturated carbocycles. The van der Waals surface area contributed by atoms with E-state index in [2.05, 4.69) is 11.9 Å². The van der Waals surface area contributed by atoms with Crippen LogP contribution in [0.4, 0.5) is 10.1 Å². The third kappa shape index (κ3) is 2.65. The van der Waals surface area contributed by atoms with Crippen LogP contribution >= 0.6 is 0 Å². The van der Waals surface area contributed by atoms with Gasteiger partial charge in [0.25, 0.3) is 0 Å². The maximum atomic E-state index is 13.4. The number of anilines is 1. The molecule has 0 spiro atoms. The largest absolute Gasteiger partial charge is 0.379 e. The van der Waals surface area contributed by atoms with Crippen LogP contribution in [0.5, 0.6) is 0 Å². The molecule has 0 heterocycles. The van der Waals surface area contributed by atoms with Crippen LogP contribution in [0.3, 0.4) is 0 Å². The first kappa shape index (κ1) is 11.4. The Labute approximate surface area is 88.8 Å². The number of carbonyl (C=O) groups excluding carboxylic acids is 1. The molecule has 3 heteroatoms. The second-order valence-electron chi connectivity index (χ2n) is 3.11. The predicted octanol–water partition coefficient (Wildman–Crippen LogP) is 3.02. The number of benzene rings is 1. The van der Waals surface area contributed by atoms with Gasteiger partial charge in [0.05, 0.1) is 5.69 Å². The Morgan fingerprint density at radius 2 is 2.33 bits per heavy atom. The Bertz CT molecular complexity index is 374. The van der Waals surface area contributed by atoms with Gasteiger partial charge in [-0.2, -0.15) is 0 Å². The number of ketones is 1. The number of Topliss-reactive ketones (excluding diaryl/α,β-unsaturated/α-hetero) is 1. The minimum atomic E-state index is -0.406. The highest BCUT2D eigenvalue weighted by Crippen LogP contribution is 2.20. The van der Waals surface area contributed by atoms with Gasteiger partial charge < -0.3 is 5.32 Å². The van der Waals surface area contributed by atoms with Gasteiger partial charge in [-0.05, 0) is 12.1 Å². The molecular formula is C12H14FNO. The lowest BCUT2D eigenvalue weighted by Crippen LogP contribution is -2.08. The number of carbonyl (C=O) groups is 1. The van der Waals surface area contributed by atoms with Crippen molar-refractivity contribution in [1.82, 2.24) is 0 Å². The van der Waals surface area contributed by atoms with E-state index in [-0.39, 0.29) is 11.5 Å². The molecule has 1 aromatic carbocycles. The van der Waals surface area contributed by atoms with Crippen LogP contribution in [0.1, 0.15) is 23.7 Å². The van der Waals surface area contributed by atoms with Gasteiger partial charge in [0.1, 0.15) is 5.82 Å². The molecule has 0 amide bonds. The van der Waals surface area contributed by atoms with Crippen LogP contribution in [-0.2, 0) is 0 Å². The van der Waals surface area contributed by atoms with E-state index in [4.69, 9.17) is 0 Å². The summed E-state index contributed by atoms with van der Waals surface area (Å²) in [4.78, 5) is 11.5. The van der Waals surface area contributed by atoms with Crippen molar-refractivity contribution in [3.05, 3.63) is 42.2 Å². The average Bonchev–Trinajstić information content (AvgIpc) is 2.26. The second-order valence-corrected chi connectivity index (χ2v) is 3.11. The third-order valence-corrected chi connectivity index (χ3v) is 2.06. The molecule has 80 valence electrons. The topological polar surface area (TPSA) is 29.1 Å². The first-order valence-corrected chi connectivity index (χ1v) is 4.87. The molecule has 0 aliphatic carbocycles. The summed E-state index contributed by atoms with van der Waals surface area (Å²) in [5.74, 6) is -0.475. The highest BCUT2D eigenvalue weighted by Gasteiger charge is 2.12. The summed E-state index contributed by atoms with van der Waals surface area (Å²) >= 11 is 0. The molecule has 0 aromatic heterocycles. The minimum Gasteiger partial charge on any atom is -0.379 e. The lowest BCUT2D eigenvalue weighted by Gasteiger charge is -2.09. The summed E-state index contributed by atoms with van der Waals surface area (Å²) in [5, 5.41) is 2.83. The lowest BCUT2D eigenvalue weighted by molar-refractivity contribution is 0.0988. The smallest absolute Gasteiger partial charge is 0.164 e. The molecule has 0 fully saturated rings. The summed E-state index contributed by atoms with van der Waals surface area (Å²) in [5.41, 5.74) is 0.670. The van der Waals surface area contributed by atoms with Crippen molar-refractivity contribution in [1.29, 1.82) is 0 Å². The number of halogens is 1. The number of rotatable bonds is 5. The van der Waals surface area contributed by atoms with Crippen LogP contribution in [-0.4, -0.2) is 12.3 Å². The van der Waals surface area contributed by atoms with Crippen LogP contribution in [0.2, 0.25) is 0 Å². The fraction of sp³-hybridized carbons (Fsp3) is 0.250. The van der Waals surface area contributed by atoms with Gasteiger partial charge in [-0.3, -0.25) is 4.79 Å². The highest BCUT2D eigenvalue weighted by atomic mass is 19.1. The molecule has 1 N–H and O–H groups in total. The first-order valence-electron chi connectivity index (χ1n) is 4.87. The van der Waals surface area contributed by atoms with Gasteiger partial charge in [-0.1, -0.05) is 19.1 Å². The van der Waals surface area contributed by atoms with Crippen molar-refractivity contribution in [2.75, 3.05) is 11.9 Å². The molecule has 15 heavy (non-hydrogen) atoms. The summed E-state index contributed by atoms with van der Waals surface area (Å²) in [7, 11) is 0. The molecule has 0 unspecified atom stereocenters. The average molecular weight is 207 g/mol. The standard InChI is InChI=1S/C12H14FNO/c1-3-8-14-12-9(11(15)4-2)6-5-7-10(12)13/h3,5-7,14H,1,4,8H2,2H3. The van der Waals surface area contributed by atoms with E-state index in [1.807, 2.05) is 0 Å². The van der Waals surface area contributed by atoms with E-state index in [0.717, 1.165) is 0 Å². The highest BCUT2D eigenvalue weighted by molar-refractivity contribution is 6.01. The fourth-order valence-electron chi connectivity index (χ4n) is 1.30. The molecule has 2 nitrogen and oxygen atoms in total. The SMILES string of the molecule is C=CCNc1c(F)cccc1C(=O)CC. The Hall–Kier alpha value is -1.64. The molecule has 0 aliphatic rings. The monoisotopic (exact) mass is 207 g/mol. The number of hydrogen-bond donors (Lipinski definition) is 1. The van der Waals surface area contributed by atoms with Crippen molar-refractivity contribution in [2.24, 2.45) is 0 Å². The van der Waals surface area contributed by atoms with Gasteiger partial charge in [0.15, 0.2) is 5.78 Å². The Balaban J connectivity index is 3.07. The summed E-state index contributed by atoms with van der Waals surface area (Å²) in [6.07, 6.45) is 1.98. The van der Waals surface area contributed by atoms with Gasteiger partial charge in [0.2, 0.25) is 0 Å². The van der Waals surface area contributed by atoms with Crippen molar-refractivity contribution < 1.29 is 9.18 Å². The summed E-state index contributed by atoms with van der Waals surface area (Å²) < 4.78 is 13.4. The molecule has 0 atom stereocenters. The molecule has 0 bridgehead atoms. The normalized spacial score (nSPS) is 9.73. The zero-order valence-corrected chi connectivity index (χ0v) is 8.72. The minimum absolute atomic E-state index is 0.0685. The van der Waals surface area contributed by atoms with Crippen molar-refractivity contribution >= 4 is 11.5 Å². The Morgan fingerprint density at radius 1 is 1.60 bits per heavy atom. The predicted molar refractivity (Wildman–Crippen MR) is 59.7 cm³/mol. The van der Waals surface area contributed by atoms with E-state index >= 15 is 0 Å². The maximum Gasteiger partial charge on any atom is 0.164 e.